The third-order valence-electron chi connectivity index (χ3n) is 6.43. The van der Waals surface area contributed by atoms with Crippen molar-refractivity contribution in [3.8, 4) is 0 Å². The molecule has 4 rings (SSSR count). The van der Waals surface area contributed by atoms with Crippen LogP contribution in [-0.2, 0) is 11.2 Å². The van der Waals surface area contributed by atoms with E-state index >= 15 is 0 Å². The number of urea groups is 1. The number of hydrogen-bond donors (Lipinski definition) is 0. The molecule has 0 radical (unpaired) electrons. The van der Waals surface area contributed by atoms with E-state index in [1.165, 1.54) is 4.90 Å². The van der Waals surface area contributed by atoms with Crippen molar-refractivity contribution in [1.29, 1.82) is 0 Å². The van der Waals surface area contributed by atoms with Crippen LogP contribution in [0.15, 0.2) is 46.7 Å². The summed E-state index contributed by atoms with van der Waals surface area (Å²) in [4.78, 5) is 38.5. The average Bonchev–Trinajstić information content (AvgIpc) is 3.22. The van der Waals surface area contributed by atoms with Crippen LogP contribution in [0.25, 0.3) is 0 Å². The van der Waals surface area contributed by atoms with Gasteiger partial charge in [0.05, 0.1) is 0 Å². The molecule has 3 heterocycles. The number of hydrogen-bond acceptors (Lipinski definition) is 5. The number of carbonyl (C=O) groups is 2. The summed E-state index contributed by atoms with van der Waals surface area (Å²) >= 11 is 0. The summed E-state index contributed by atoms with van der Waals surface area (Å²) in [6.45, 7) is 8.79. The molecule has 3 aliphatic heterocycles. The summed E-state index contributed by atoms with van der Waals surface area (Å²) in [5.74, 6) is 0.633. The van der Waals surface area contributed by atoms with Crippen molar-refractivity contribution in [1.82, 2.24) is 19.6 Å². The van der Waals surface area contributed by atoms with Gasteiger partial charge in [0.25, 0.3) is 5.91 Å². The van der Waals surface area contributed by atoms with Gasteiger partial charge in [-0.15, -0.1) is 0 Å². The Morgan fingerprint density at radius 3 is 2.45 bits per heavy atom. The number of guanidine groups is 1. The van der Waals surface area contributed by atoms with Crippen molar-refractivity contribution in [2.45, 2.75) is 58.8 Å². The summed E-state index contributed by atoms with van der Waals surface area (Å²) in [7, 11) is 1.74. The molecule has 3 unspecified atom stereocenters. The standard InChI is InChI=1S/C22H29N5O2/c1-6-14(2)26-15(3)16(4)27-18-19(23-21(26)27)24(5)22(29)25(20(18)28)13-12-17-10-8-7-9-11-17/h7-11,14,18-19H,6,12-13H2,1-5H3. The number of benzene rings is 1. The van der Waals surface area contributed by atoms with Gasteiger partial charge in [0.1, 0.15) is 0 Å². The van der Waals surface area contributed by atoms with E-state index in [1.54, 1.807) is 11.9 Å². The fourth-order valence-corrected chi connectivity index (χ4v) is 4.44. The smallest absolute Gasteiger partial charge is 0.312 e. The molecule has 0 saturated carbocycles. The summed E-state index contributed by atoms with van der Waals surface area (Å²) < 4.78 is 0. The van der Waals surface area contributed by atoms with Gasteiger partial charge in [-0.25, -0.2) is 9.79 Å². The monoisotopic (exact) mass is 395 g/mol. The minimum Gasteiger partial charge on any atom is -0.312 e. The number of nitrogens with zero attached hydrogens (tertiary/aromatic N) is 5. The van der Waals surface area contributed by atoms with Crippen LogP contribution in [0.1, 0.15) is 39.7 Å². The van der Waals surface area contributed by atoms with Crippen LogP contribution in [-0.4, -0.2) is 69.3 Å². The Bertz CT molecular complexity index is 894. The van der Waals surface area contributed by atoms with E-state index in [9.17, 15) is 9.59 Å². The van der Waals surface area contributed by atoms with Crippen LogP contribution in [0.3, 0.4) is 0 Å². The topological polar surface area (TPSA) is 59.5 Å². The van der Waals surface area contributed by atoms with Crippen LogP contribution < -0.4 is 0 Å². The maximum Gasteiger partial charge on any atom is 0.328 e. The molecule has 7 heteroatoms. The number of imide groups is 1. The number of aliphatic imine (C=N–C) groups is 1. The lowest BCUT2D eigenvalue weighted by Gasteiger charge is -2.40. The van der Waals surface area contributed by atoms with Crippen molar-refractivity contribution in [3.05, 3.63) is 47.3 Å². The average molecular weight is 396 g/mol. The predicted molar refractivity (Wildman–Crippen MR) is 112 cm³/mol. The molecule has 1 aromatic carbocycles. The quantitative estimate of drug-likeness (QED) is 0.769. The molecule has 154 valence electrons. The second-order valence-corrected chi connectivity index (χ2v) is 8.07. The van der Waals surface area contributed by atoms with Crippen molar-refractivity contribution in [3.63, 3.8) is 0 Å². The first-order valence-corrected chi connectivity index (χ1v) is 10.3. The molecule has 0 aromatic heterocycles. The van der Waals surface area contributed by atoms with Crippen molar-refractivity contribution in [2.75, 3.05) is 13.6 Å². The lowest BCUT2D eigenvalue weighted by atomic mass is 10.1. The Labute approximate surface area is 172 Å². The van der Waals surface area contributed by atoms with Gasteiger partial charge in [-0.2, -0.15) is 0 Å². The molecule has 1 fully saturated rings. The minimum absolute atomic E-state index is 0.161. The first-order chi connectivity index (χ1) is 13.9. The zero-order valence-corrected chi connectivity index (χ0v) is 17.8. The number of fused-ring (bicyclic) bond motifs is 3. The SMILES string of the molecule is CCC(C)N1C2=NC3C(C(=O)N(CCc4ccccc4)C(=O)N3C)N2C(C)=C1C. The summed E-state index contributed by atoms with van der Waals surface area (Å²) in [5.41, 5.74) is 3.27. The highest BCUT2D eigenvalue weighted by atomic mass is 16.2. The lowest BCUT2D eigenvalue weighted by molar-refractivity contribution is -0.136. The van der Waals surface area contributed by atoms with E-state index in [-0.39, 0.29) is 18.0 Å². The maximum atomic E-state index is 13.4. The highest BCUT2D eigenvalue weighted by Gasteiger charge is 2.55. The van der Waals surface area contributed by atoms with E-state index in [0.29, 0.717) is 13.0 Å². The maximum absolute atomic E-state index is 13.4. The fraction of sp³-hybridized carbons (Fsp3) is 0.500. The van der Waals surface area contributed by atoms with Crippen LogP contribution in [0.5, 0.6) is 0 Å². The molecule has 0 bridgehead atoms. The minimum atomic E-state index is -0.493. The molecule has 1 saturated heterocycles. The lowest BCUT2D eigenvalue weighted by Crippen LogP contribution is -2.64. The number of allylic oxidation sites excluding steroid dienone is 2. The summed E-state index contributed by atoms with van der Waals surface area (Å²) in [5, 5.41) is 0. The van der Waals surface area contributed by atoms with Crippen LogP contribution in [0.2, 0.25) is 0 Å². The Kier molecular flexibility index (Phi) is 4.84. The normalized spacial score (nSPS) is 24.9. The molecule has 29 heavy (non-hydrogen) atoms. The molecule has 0 N–H and O–H groups in total. The van der Waals surface area contributed by atoms with Gasteiger partial charge in [0, 0.05) is 31.0 Å². The molecule has 3 aliphatic rings. The second-order valence-electron chi connectivity index (χ2n) is 8.07. The highest BCUT2D eigenvalue weighted by molar-refractivity contribution is 6.05. The Balaban J connectivity index is 1.62. The Hall–Kier alpha value is -2.83. The highest BCUT2D eigenvalue weighted by Crippen LogP contribution is 2.38. The second kappa shape index (κ2) is 7.21. The van der Waals surface area contributed by atoms with E-state index in [0.717, 1.165) is 29.3 Å². The molecular weight excluding hydrogens is 366 g/mol. The van der Waals surface area contributed by atoms with Crippen molar-refractivity contribution >= 4 is 17.9 Å². The largest absolute Gasteiger partial charge is 0.328 e. The first-order valence-electron chi connectivity index (χ1n) is 10.3. The number of carbonyl (C=O) groups excluding carboxylic acids is 2. The number of amides is 3. The van der Waals surface area contributed by atoms with Crippen molar-refractivity contribution in [2.24, 2.45) is 4.99 Å². The van der Waals surface area contributed by atoms with Crippen LogP contribution >= 0.6 is 0 Å². The van der Waals surface area contributed by atoms with Crippen molar-refractivity contribution < 1.29 is 9.59 Å². The predicted octanol–water partition coefficient (Wildman–Crippen LogP) is 2.85. The molecular formula is C22H29N5O2. The molecule has 7 nitrogen and oxygen atoms in total. The van der Waals surface area contributed by atoms with E-state index in [1.807, 2.05) is 42.2 Å². The summed E-state index contributed by atoms with van der Waals surface area (Å²) in [6.07, 6.45) is 1.13. The number of likely N-dealkylation sites (N-methyl/N-ethyl adjacent to an activating group) is 1. The van der Waals surface area contributed by atoms with Crippen LogP contribution in [0, 0.1) is 0 Å². The van der Waals surface area contributed by atoms with Gasteiger partial charge in [-0.3, -0.25) is 14.6 Å². The van der Waals surface area contributed by atoms with Gasteiger partial charge >= 0.3 is 6.03 Å². The molecule has 0 spiro atoms. The molecule has 1 aromatic rings. The van der Waals surface area contributed by atoms with E-state index < -0.39 is 12.2 Å². The van der Waals surface area contributed by atoms with Gasteiger partial charge in [0.2, 0.25) is 5.96 Å². The van der Waals surface area contributed by atoms with Gasteiger partial charge < -0.3 is 9.80 Å². The third kappa shape index (κ3) is 2.91. The van der Waals surface area contributed by atoms with Crippen LogP contribution in [0.4, 0.5) is 4.79 Å². The van der Waals surface area contributed by atoms with Gasteiger partial charge in [-0.1, -0.05) is 37.3 Å². The van der Waals surface area contributed by atoms with Gasteiger partial charge in [0.15, 0.2) is 12.2 Å². The Morgan fingerprint density at radius 2 is 1.79 bits per heavy atom. The summed E-state index contributed by atoms with van der Waals surface area (Å²) in [6, 6.07) is 9.45. The zero-order chi connectivity index (χ0) is 20.9. The molecule has 0 aliphatic carbocycles. The fourth-order valence-electron chi connectivity index (χ4n) is 4.44. The third-order valence-corrected chi connectivity index (χ3v) is 6.43. The number of rotatable bonds is 5. The first kappa shape index (κ1) is 19.5. The molecule has 3 atom stereocenters. The van der Waals surface area contributed by atoms with E-state index in [4.69, 9.17) is 4.99 Å². The van der Waals surface area contributed by atoms with Gasteiger partial charge in [-0.05, 0) is 39.2 Å². The zero-order valence-electron chi connectivity index (χ0n) is 17.8. The molecule has 3 amide bonds. The van der Waals surface area contributed by atoms with E-state index in [2.05, 4.69) is 25.7 Å². The Morgan fingerprint density at radius 1 is 1.10 bits per heavy atom.